The van der Waals surface area contributed by atoms with Crippen LogP contribution in [0.2, 0.25) is 0 Å². The Morgan fingerprint density at radius 3 is 2.36 bits per heavy atom. The maximum absolute atomic E-state index is 4.42. The van der Waals surface area contributed by atoms with Gasteiger partial charge in [-0.15, -0.1) is 25.3 Å². The quantitative estimate of drug-likeness (QED) is 0.668. The second-order valence-corrected chi connectivity index (χ2v) is 3.85. The van der Waals surface area contributed by atoms with Gasteiger partial charge in [-0.3, -0.25) is 0 Å². The molecule has 0 aliphatic rings. The Hall–Kier alpha value is -0.860. The van der Waals surface area contributed by atoms with E-state index in [4.69, 9.17) is 0 Å². The molecule has 2 heteroatoms. The van der Waals surface area contributed by atoms with Gasteiger partial charge >= 0.3 is 0 Å². The number of hydrogen-bond acceptors (Lipinski definition) is 2. The molecule has 0 bridgehead atoms. The van der Waals surface area contributed by atoms with Crippen LogP contribution in [0.1, 0.15) is 0 Å². The zero-order chi connectivity index (χ0) is 9.97. The normalized spacial score (nSPS) is 10.1. The van der Waals surface area contributed by atoms with Crippen LogP contribution < -0.4 is 0 Å². The summed E-state index contributed by atoms with van der Waals surface area (Å²) in [4.78, 5) is 1.66. The van der Waals surface area contributed by atoms with Crippen LogP contribution in [0.5, 0.6) is 0 Å². The van der Waals surface area contributed by atoms with Crippen molar-refractivity contribution in [1.29, 1.82) is 0 Å². The first-order valence-corrected chi connectivity index (χ1v) is 5.16. The molecular formula is C12H9S2. The van der Waals surface area contributed by atoms with E-state index in [0.717, 1.165) is 20.9 Å². The van der Waals surface area contributed by atoms with Crippen molar-refractivity contribution in [2.75, 3.05) is 0 Å². The molecular weight excluding hydrogens is 208 g/mol. The summed E-state index contributed by atoms with van der Waals surface area (Å²) in [7, 11) is 0. The van der Waals surface area contributed by atoms with E-state index in [9.17, 15) is 0 Å². The van der Waals surface area contributed by atoms with Crippen molar-refractivity contribution < 1.29 is 0 Å². The number of rotatable bonds is 1. The monoisotopic (exact) mass is 217 g/mol. The third kappa shape index (κ3) is 1.81. The summed E-state index contributed by atoms with van der Waals surface area (Å²) in [5, 5.41) is 0. The number of benzene rings is 2. The highest BCUT2D eigenvalue weighted by Gasteiger charge is 2.03. The molecule has 0 aliphatic carbocycles. The lowest BCUT2D eigenvalue weighted by atomic mass is 10.1. The second kappa shape index (κ2) is 4.11. The van der Waals surface area contributed by atoms with Crippen LogP contribution in [-0.2, 0) is 0 Å². The number of hydrogen-bond donors (Lipinski definition) is 2. The third-order valence-corrected chi connectivity index (χ3v) is 3.03. The van der Waals surface area contributed by atoms with Crippen LogP contribution >= 0.6 is 25.3 Å². The summed E-state index contributed by atoms with van der Waals surface area (Å²) in [6, 6.07) is 17.0. The van der Waals surface area contributed by atoms with Crippen molar-refractivity contribution in [2.24, 2.45) is 0 Å². The molecule has 0 nitrogen and oxygen atoms in total. The maximum atomic E-state index is 4.42. The molecule has 0 heterocycles. The summed E-state index contributed by atoms with van der Waals surface area (Å²) >= 11 is 8.70. The van der Waals surface area contributed by atoms with E-state index in [1.807, 2.05) is 30.3 Å². The van der Waals surface area contributed by atoms with Crippen molar-refractivity contribution in [3.63, 3.8) is 0 Å². The molecule has 0 saturated carbocycles. The third-order valence-electron chi connectivity index (χ3n) is 2.03. The van der Waals surface area contributed by atoms with E-state index in [2.05, 4.69) is 43.5 Å². The van der Waals surface area contributed by atoms with Crippen LogP contribution in [0.4, 0.5) is 0 Å². The van der Waals surface area contributed by atoms with Gasteiger partial charge in [0.2, 0.25) is 0 Å². The molecule has 0 atom stereocenters. The smallest absolute Gasteiger partial charge is 0.0259 e. The van der Waals surface area contributed by atoms with Gasteiger partial charge in [0.05, 0.1) is 0 Å². The minimum Gasteiger partial charge on any atom is -0.142 e. The van der Waals surface area contributed by atoms with Gasteiger partial charge < -0.3 is 0 Å². The van der Waals surface area contributed by atoms with E-state index >= 15 is 0 Å². The standard InChI is InChI=1S/C12H9S2/c13-11-8-4-7-10(12(11)14)9-5-2-1-3-6-9/h1-7,13-14H. The van der Waals surface area contributed by atoms with Crippen molar-refractivity contribution in [3.05, 3.63) is 48.5 Å². The second-order valence-electron chi connectivity index (χ2n) is 2.95. The van der Waals surface area contributed by atoms with Gasteiger partial charge in [0.25, 0.3) is 0 Å². The Morgan fingerprint density at radius 2 is 1.64 bits per heavy atom. The Balaban J connectivity index is 2.58. The summed E-state index contributed by atoms with van der Waals surface area (Å²) in [5.41, 5.74) is 2.25. The Morgan fingerprint density at radius 1 is 0.929 bits per heavy atom. The molecule has 0 aliphatic heterocycles. The van der Waals surface area contributed by atoms with E-state index < -0.39 is 0 Å². The van der Waals surface area contributed by atoms with Crippen LogP contribution in [0.25, 0.3) is 11.1 Å². The molecule has 0 fully saturated rings. The molecule has 0 saturated heterocycles. The molecule has 0 aromatic heterocycles. The van der Waals surface area contributed by atoms with E-state index in [1.165, 1.54) is 0 Å². The number of thiol groups is 2. The van der Waals surface area contributed by atoms with Crippen LogP contribution in [0.15, 0.2) is 52.3 Å². The average Bonchev–Trinajstić information content (AvgIpc) is 2.23. The fraction of sp³-hybridized carbons (Fsp3) is 0. The first-order chi connectivity index (χ1) is 6.79. The van der Waals surface area contributed by atoms with E-state index in [1.54, 1.807) is 0 Å². The Labute approximate surface area is 94.8 Å². The van der Waals surface area contributed by atoms with Crippen molar-refractivity contribution in [3.8, 4) is 11.1 Å². The molecule has 2 aromatic rings. The van der Waals surface area contributed by atoms with Crippen molar-refractivity contribution in [2.45, 2.75) is 9.79 Å². The first-order valence-electron chi connectivity index (χ1n) is 4.27. The zero-order valence-electron chi connectivity index (χ0n) is 7.44. The largest absolute Gasteiger partial charge is 0.142 e. The molecule has 14 heavy (non-hydrogen) atoms. The molecule has 2 rings (SSSR count). The molecule has 0 amide bonds. The fourth-order valence-corrected chi connectivity index (χ4v) is 1.79. The van der Waals surface area contributed by atoms with Crippen LogP contribution in [0, 0.1) is 6.07 Å². The predicted molar refractivity (Wildman–Crippen MR) is 65.2 cm³/mol. The summed E-state index contributed by atoms with van der Waals surface area (Å²) in [5.74, 6) is 0. The van der Waals surface area contributed by atoms with E-state index in [0.29, 0.717) is 0 Å². The highest BCUT2D eigenvalue weighted by molar-refractivity contribution is 7.83. The van der Waals surface area contributed by atoms with Gasteiger partial charge in [-0.05, 0) is 17.2 Å². The van der Waals surface area contributed by atoms with E-state index in [-0.39, 0.29) is 0 Å². The predicted octanol–water partition coefficient (Wildman–Crippen LogP) is 3.73. The van der Waals surface area contributed by atoms with Crippen LogP contribution in [0.3, 0.4) is 0 Å². The molecule has 1 radical (unpaired) electrons. The Kier molecular flexibility index (Phi) is 2.85. The molecule has 2 aromatic carbocycles. The lowest BCUT2D eigenvalue weighted by Crippen LogP contribution is -1.81. The molecule has 0 spiro atoms. The summed E-state index contributed by atoms with van der Waals surface area (Å²) in [6.07, 6.45) is 0. The minimum atomic E-state index is 0.787. The molecule has 0 unspecified atom stereocenters. The van der Waals surface area contributed by atoms with Gasteiger partial charge in [-0.25, -0.2) is 0 Å². The van der Waals surface area contributed by atoms with Crippen molar-refractivity contribution >= 4 is 25.3 Å². The Bertz CT molecular complexity index is 435. The summed E-state index contributed by atoms with van der Waals surface area (Å²) < 4.78 is 0. The molecule has 0 N–H and O–H groups in total. The van der Waals surface area contributed by atoms with Gasteiger partial charge in [0, 0.05) is 9.79 Å². The lowest BCUT2D eigenvalue weighted by Gasteiger charge is -2.06. The van der Waals surface area contributed by atoms with Gasteiger partial charge in [0.15, 0.2) is 0 Å². The summed E-state index contributed by atoms with van der Waals surface area (Å²) in [6.45, 7) is 0. The topological polar surface area (TPSA) is 0 Å². The SMILES string of the molecule is Sc1[c]ccc(-c2ccccc2)c1S. The minimum absolute atomic E-state index is 0.787. The maximum Gasteiger partial charge on any atom is 0.0259 e. The van der Waals surface area contributed by atoms with Gasteiger partial charge in [-0.2, -0.15) is 0 Å². The highest BCUT2D eigenvalue weighted by Crippen LogP contribution is 2.30. The zero-order valence-corrected chi connectivity index (χ0v) is 9.22. The first kappa shape index (κ1) is 9.69. The average molecular weight is 217 g/mol. The van der Waals surface area contributed by atoms with Crippen molar-refractivity contribution in [1.82, 2.24) is 0 Å². The van der Waals surface area contributed by atoms with Gasteiger partial charge in [0.1, 0.15) is 0 Å². The highest BCUT2D eigenvalue weighted by atomic mass is 32.1. The van der Waals surface area contributed by atoms with Crippen LogP contribution in [-0.4, -0.2) is 0 Å². The van der Waals surface area contributed by atoms with Gasteiger partial charge in [-0.1, -0.05) is 42.5 Å². The molecule has 69 valence electrons. The lowest BCUT2D eigenvalue weighted by molar-refractivity contribution is 1.26. The fourth-order valence-electron chi connectivity index (χ4n) is 1.33.